The maximum Gasteiger partial charge on any atom is 0.253 e. The molecule has 1 fully saturated rings. The molecule has 0 atom stereocenters. The Labute approximate surface area is 142 Å². The molecule has 0 aliphatic carbocycles. The number of amides is 1. The van der Waals surface area contributed by atoms with Crippen LogP contribution in [0.1, 0.15) is 16.8 Å². The van der Waals surface area contributed by atoms with Gasteiger partial charge in [0.25, 0.3) is 5.91 Å². The van der Waals surface area contributed by atoms with Gasteiger partial charge in [0.1, 0.15) is 0 Å². The molecular formula is C15H20Cl2N4O. The summed E-state index contributed by atoms with van der Waals surface area (Å²) in [4.78, 5) is 18.4. The molecule has 0 bridgehead atoms. The highest BCUT2D eigenvalue weighted by atomic mass is 35.5. The van der Waals surface area contributed by atoms with Crippen molar-refractivity contribution < 1.29 is 4.79 Å². The maximum absolute atomic E-state index is 12.4. The van der Waals surface area contributed by atoms with Crippen LogP contribution < -0.4 is 5.32 Å². The third-order valence-electron chi connectivity index (χ3n) is 3.54. The second-order valence-corrected chi connectivity index (χ2v) is 4.91. The zero-order valence-electron chi connectivity index (χ0n) is 12.1. The van der Waals surface area contributed by atoms with Crippen molar-refractivity contribution >= 4 is 30.7 Å². The van der Waals surface area contributed by atoms with Gasteiger partial charge < -0.3 is 14.8 Å². The largest absolute Gasteiger partial charge is 0.337 e. The first-order valence-corrected chi connectivity index (χ1v) is 6.93. The maximum atomic E-state index is 12.4. The fraction of sp³-hybridized carbons (Fsp3) is 0.333. The minimum atomic E-state index is 0. The molecule has 2 aromatic rings. The molecule has 1 amide bonds. The molecule has 1 N–H and O–H groups in total. The summed E-state index contributed by atoms with van der Waals surface area (Å²) in [5.41, 5.74) is 1.76. The number of imidazole rings is 1. The molecule has 1 aromatic heterocycles. The second kappa shape index (κ2) is 8.78. The van der Waals surface area contributed by atoms with E-state index >= 15 is 0 Å². The Morgan fingerprint density at radius 3 is 2.55 bits per heavy atom. The van der Waals surface area contributed by atoms with Crippen LogP contribution in [0.5, 0.6) is 0 Å². The topological polar surface area (TPSA) is 50.2 Å². The molecule has 0 spiro atoms. The number of nitrogens with zero attached hydrogens (tertiary/aromatic N) is 3. The summed E-state index contributed by atoms with van der Waals surface area (Å²) in [7, 11) is 0. The van der Waals surface area contributed by atoms with Crippen molar-refractivity contribution in [2.45, 2.75) is 6.42 Å². The number of carbonyl (C=O) groups is 1. The van der Waals surface area contributed by atoms with Crippen LogP contribution in [0, 0.1) is 0 Å². The lowest BCUT2D eigenvalue weighted by Gasteiger charge is -2.20. The van der Waals surface area contributed by atoms with E-state index in [0.29, 0.717) is 0 Å². The van der Waals surface area contributed by atoms with E-state index in [1.165, 1.54) is 0 Å². The van der Waals surface area contributed by atoms with E-state index in [1.807, 2.05) is 39.9 Å². The van der Waals surface area contributed by atoms with Crippen LogP contribution >= 0.6 is 24.8 Å². The molecule has 0 radical (unpaired) electrons. The molecule has 7 heteroatoms. The van der Waals surface area contributed by atoms with Gasteiger partial charge in [0.2, 0.25) is 0 Å². The van der Waals surface area contributed by atoms with Crippen molar-refractivity contribution in [1.82, 2.24) is 19.8 Å². The van der Waals surface area contributed by atoms with Crippen LogP contribution in [0.4, 0.5) is 0 Å². The molecule has 0 saturated carbocycles. The van der Waals surface area contributed by atoms with Gasteiger partial charge in [-0.25, -0.2) is 4.98 Å². The van der Waals surface area contributed by atoms with Crippen LogP contribution in [-0.2, 0) is 0 Å². The van der Waals surface area contributed by atoms with Gasteiger partial charge >= 0.3 is 0 Å². The molecule has 1 aliphatic heterocycles. The number of hydrogen-bond acceptors (Lipinski definition) is 3. The molecule has 1 saturated heterocycles. The van der Waals surface area contributed by atoms with Gasteiger partial charge in [-0.1, -0.05) is 0 Å². The predicted molar refractivity (Wildman–Crippen MR) is 91.5 cm³/mol. The van der Waals surface area contributed by atoms with E-state index in [-0.39, 0.29) is 30.7 Å². The number of halogens is 2. The SMILES string of the molecule is Cl.Cl.O=C(c1ccc(-n2ccnc2)cc1)N1CCCNCC1. The summed E-state index contributed by atoms with van der Waals surface area (Å²) >= 11 is 0. The van der Waals surface area contributed by atoms with Crippen LogP contribution in [-0.4, -0.2) is 46.5 Å². The van der Waals surface area contributed by atoms with Gasteiger partial charge in [-0.15, -0.1) is 24.8 Å². The molecular weight excluding hydrogens is 323 g/mol. The van der Waals surface area contributed by atoms with Crippen LogP contribution in [0.15, 0.2) is 43.0 Å². The third kappa shape index (κ3) is 4.22. The number of hydrogen-bond donors (Lipinski definition) is 1. The zero-order chi connectivity index (χ0) is 13.8. The highest BCUT2D eigenvalue weighted by Crippen LogP contribution is 2.12. The molecule has 22 heavy (non-hydrogen) atoms. The highest BCUT2D eigenvalue weighted by molar-refractivity contribution is 5.94. The number of benzene rings is 1. The third-order valence-corrected chi connectivity index (χ3v) is 3.54. The lowest BCUT2D eigenvalue weighted by molar-refractivity contribution is 0.0766. The summed E-state index contributed by atoms with van der Waals surface area (Å²) in [6, 6.07) is 7.67. The molecule has 1 aromatic carbocycles. The lowest BCUT2D eigenvalue weighted by Crippen LogP contribution is -2.34. The van der Waals surface area contributed by atoms with Crippen molar-refractivity contribution in [2.75, 3.05) is 26.2 Å². The zero-order valence-corrected chi connectivity index (χ0v) is 13.8. The predicted octanol–water partition coefficient (Wildman–Crippen LogP) is 2.15. The average molecular weight is 343 g/mol. The lowest BCUT2D eigenvalue weighted by atomic mass is 10.1. The van der Waals surface area contributed by atoms with Gasteiger partial charge in [0, 0.05) is 43.3 Å². The van der Waals surface area contributed by atoms with Crippen LogP contribution in [0.3, 0.4) is 0 Å². The molecule has 3 rings (SSSR count). The average Bonchev–Trinajstić information content (AvgIpc) is 2.89. The monoisotopic (exact) mass is 342 g/mol. The summed E-state index contributed by atoms with van der Waals surface area (Å²) in [6.07, 6.45) is 6.39. The second-order valence-electron chi connectivity index (χ2n) is 4.91. The van der Waals surface area contributed by atoms with E-state index in [2.05, 4.69) is 10.3 Å². The van der Waals surface area contributed by atoms with E-state index in [0.717, 1.165) is 43.9 Å². The van der Waals surface area contributed by atoms with E-state index < -0.39 is 0 Å². The summed E-state index contributed by atoms with van der Waals surface area (Å²) in [6.45, 7) is 3.47. The fourth-order valence-corrected chi connectivity index (χ4v) is 2.42. The normalized spacial score (nSPS) is 14.5. The Hall–Kier alpha value is -1.56. The Bertz CT molecular complexity index is 564. The quantitative estimate of drug-likeness (QED) is 0.909. The van der Waals surface area contributed by atoms with Crippen molar-refractivity contribution in [3.8, 4) is 5.69 Å². The summed E-state index contributed by atoms with van der Waals surface area (Å²) < 4.78 is 1.92. The van der Waals surface area contributed by atoms with Crippen molar-refractivity contribution in [3.63, 3.8) is 0 Å². The van der Waals surface area contributed by atoms with Gasteiger partial charge in [0.15, 0.2) is 0 Å². The standard InChI is InChI=1S/C15H18N4O.2ClH/c20-15(18-9-1-6-16-7-10-18)13-2-4-14(5-3-13)19-11-8-17-12-19;;/h2-5,8,11-12,16H,1,6-7,9-10H2;2*1H. The minimum Gasteiger partial charge on any atom is -0.337 e. The van der Waals surface area contributed by atoms with E-state index in [1.54, 1.807) is 12.5 Å². The number of carbonyl (C=O) groups excluding carboxylic acids is 1. The number of rotatable bonds is 2. The van der Waals surface area contributed by atoms with Crippen LogP contribution in [0.2, 0.25) is 0 Å². The Morgan fingerprint density at radius 2 is 1.86 bits per heavy atom. The smallest absolute Gasteiger partial charge is 0.253 e. The first-order valence-electron chi connectivity index (χ1n) is 6.93. The molecule has 120 valence electrons. The van der Waals surface area contributed by atoms with Crippen molar-refractivity contribution in [2.24, 2.45) is 0 Å². The fourth-order valence-electron chi connectivity index (χ4n) is 2.42. The number of aromatic nitrogens is 2. The Balaban J connectivity index is 0.00000121. The highest BCUT2D eigenvalue weighted by Gasteiger charge is 2.16. The molecule has 1 aliphatic rings. The van der Waals surface area contributed by atoms with Crippen molar-refractivity contribution in [3.05, 3.63) is 48.5 Å². The first kappa shape index (κ1) is 18.5. The van der Waals surface area contributed by atoms with Crippen LogP contribution in [0.25, 0.3) is 5.69 Å². The number of nitrogens with one attached hydrogen (secondary N) is 1. The van der Waals surface area contributed by atoms with E-state index in [4.69, 9.17) is 0 Å². The Morgan fingerprint density at radius 1 is 1.09 bits per heavy atom. The molecule has 2 heterocycles. The van der Waals surface area contributed by atoms with E-state index in [9.17, 15) is 4.79 Å². The first-order chi connectivity index (χ1) is 9.84. The van der Waals surface area contributed by atoms with Crippen molar-refractivity contribution in [1.29, 1.82) is 0 Å². The summed E-state index contributed by atoms with van der Waals surface area (Å²) in [5, 5.41) is 3.31. The Kier molecular flexibility index (Phi) is 7.38. The van der Waals surface area contributed by atoms with Gasteiger partial charge in [-0.3, -0.25) is 4.79 Å². The van der Waals surface area contributed by atoms with Gasteiger partial charge in [-0.2, -0.15) is 0 Å². The minimum absolute atomic E-state index is 0. The van der Waals surface area contributed by atoms with Gasteiger partial charge in [-0.05, 0) is 37.2 Å². The molecule has 0 unspecified atom stereocenters. The molecule has 5 nitrogen and oxygen atoms in total. The van der Waals surface area contributed by atoms with Gasteiger partial charge in [0.05, 0.1) is 6.33 Å². The summed E-state index contributed by atoms with van der Waals surface area (Å²) in [5.74, 6) is 0.117.